The smallest absolute Gasteiger partial charge is 0.109 e. The largest absolute Gasteiger partial charge is 0.306 e. The second-order valence-corrected chi connectivity index (χ2v) is 126. The number of carbonyl (C=O) groups is 1. The van der Waals surface area contributed by atoms with Crippen molar-refractivity contribution >= 4 is 69.4 Å². The Kier molecular flexibility index (Phi) is 7.73. The van der Waals surface area contributed by atoms with Crippen LogP contribution in [0.1, 0.15) is 20.8 Å². The maximum absolute atomic E-state index is 15.2. The summed E-state index contributed by atoms with van der Waals surface area (Å²) in [6.45, 7) is 53.0. The summed E-state index contributed by atoms with van der Waals surface area (Å²) in [5.74, 6) is 0. The van der Waals surface area contributed by atoms with E-state index in [1.807, 2.05) is 0 Å². The van der Waals surface area contributed by atoms with Crippen LogP contribution in [0.25, 0.3) is 0 Å². The van der Waals surface area contributed by atoms with Crippen molar-refractivity contribution in [1.82, 2.24) is 0 Å². The Balaban J connectivity index is 4.63. The quantitative estimate of drug-likeness (QED) is 0.307. The number of hydrogen-bond donors (Lipinski definition) is 0. The van der Waals surface area contributed by atoms with Crippen LogP contribution in [0.5, 0.6) is 0 Å². The fraction of sp³-hybridized carbons (Fsp3) is 0.955. The van der Waals surface area contributed by atoms with Crippen molar-refractivity contribution in [1.29, 1.82) is 0 Å². The van der Waals surface area contributed by atoms with Crippen LogP contribution in [-0.2, 0) is 4.79 Å². The zero-order chi connectivity index (χ0) is 26.6. The fourth-order valence-electron chi connectivity index (χ4n) is 11.7. The van der Waals surface area contributed by atoms with Crippen LogP contribution >= 0.6 is 0 Å². The van der Waals surface area contributed by atoms with Gasteiger partial charge in [-0.3, -0.25) is 0 Å². The summed E-state index contributed by atoms with van der Waals surface area (Å²) < 4.78 is 0. The molecule has 1 aliphatic heterocycles. The predicted molar refractivity (Wildman–Crippen MR) is 176 cm³/mol. The minimum atomic E-state index is -2.12. The van der Waals surface area contributed by atoms with Crippen LogP contribution in [-0.4, -0.2) is 69.4 Å². The Morgan fingerprint density at radius 2 is 0.750 bits per heavy atom. The van der Waals surface area contributed by atoms with Crippen LogP contribution < -0.4 is 0 Å². The van der Waals surface area contributed by atoms with Crippen LogP contribution in [0.4, 0.5) is 0 Å². The molecule has 0 aromatic rings. The SMILES string of the molecule is CC(C)(C)C(=O)[Si]1([Si](C)(C)C)[Si](C)(C)[Si](C)(C)[Si]([Si](C)(C)C)([Si](C)(C)C)[Si](C)(C)[Si]1(C)C. The van der Waals surface area contributed by atoms with Crippen molar-refractivity contribution in [2.24, 2.45) is 5.41 Å². The lowest BCUT2D eigenvalue weighted by molar-refractivity contribution is -0.118. The van der Waals surface area contributed by atoms with E-state index in [9.17, 15) is 0 Å². The van der Waals surface area contributed by atoms with Crippen molar-refractivity contribution in [2.75, 3.05) is 0 Å². The van der Waals surface area contributed by atoms with E-state index in [-0.39, 0.29) is 5.41 Å². The maximum Gasteiger partial charge on any atom is 0.109 e. The van der Waals surface area contributed by atoms with Gasteiger partial charge in [0.05, 0.1) is 0 Å². The Bertz CT molecular complexity index is 725. The topological polar surface area (TPSA) is 17.1 Å². The van der Waals surface area contributed by atoms with Gasteiger partial charge in [-0.05, 0) is 0 Å². The summed E-state index contributed by atoms with van der Waals surface area (Å²) in [4.78, 5) is 15.2. The highest BCUT2D eigenvalue weighted by Gasteiger charge is 2.89. The minimum Gasteiger partial charge on any atom is -0.306 e. The molecule has 0 amide bonds. The zero-order valence-electron chi connectivity index (χ0n) is 25.9. The summed E-state index contributed by atoms with van der Waals surface area (Å²) in [6, 6.07) is 0. The Morgan fingerprint density at radius 1 is 0.500 bits per heavy atom. The molecular formula is C22H60OSi9. The summed E-state index contributed by atoms with van der Waals surface area (Å²) >= 11 is 0. The lowest BCUT2D eigenvalue weighted by atomic mass is 9.99. The Labute approximate surface area is 210 Å². The third kappa shape index (κ3) is 3.31. The van der Waals surface area contributed by atoms with Gasteiger partial charge in [-0.15, -0.1) is 0 Å². The molecule has 0 aromatic heterocycles. The van der Waals surface area contributed by atoms with E-state index >= 15 is 4.79 Å². The van der Waals surface area contributed by atoms with E-state index in [1.54, 1.807) is 0 Å². The fourth-order valence-corrected chi connectivity index (χ4v) is 530. The maximum atomic E-state index is 15.2. The average molecular weight is 593 g/mol. The molecule has 0 N–H and O–H groups in total. The highest BCUT2D eigenvalue weighted by atomic mass is 30.4. The van der Waals surface area contributed by atoms with Crippen LogP contribution in [0, 0.1) is 5.41 Å². The molecule has 190 valence electrons. The van der Waals surface area contributed by atoms with Crippen molar-refractivity contribution in [2.45, 2.75) is 132 Å². The molecule has 32 heavy (non-hydrogen) atoms. The standard InChI is InChI=1S/C22H60OSi9/c1-22(2,3)21(23)31(24(4,5)6)27(13,14)29(17,18)32(25(7,8)9,26(10,11)12)30(19,20)28(31,15)16/h1-20H3. The summed E-state index contributed by atoms with van der Waals surface area (Å²) in [5.41, 5.74) is -0.171. The Hall–Kier alpha value is 1.62. The highest BCUT2D eigenvalue weighted by Crippen LogP contribution is 2.59. The van der Waals surface area contributed by atoms with Crippen LogP contribution in [0.3, 0.4) is 0 Å². The molecule has 0 radical (unpaired) electrons. The van der Waals surface area contributed by atoms with Gasteiger partial charge in [0, 0.05) is 62.8 Å². The van der Waals surface area contributed by atoms with Gasteiger partial charge in [-0.2, -0.15) is 0 Å². The summed E-state index contributed by atoms with van der Waals surface area (Å²) in [7, 11) is -11.2. The second-order valence-electron chi connectivity index (χ2n) is 17.3. The van der Waals surface area contributed by atoms with E-state index in [2.05, 4.69) is 132 Å². The highest BCUT2D eigenvalue weighted by molar-refractivity contribution is 8.33. The minimum absolute atomic E-state index is 0.171. The molecule has 1 saturated heterocycles. The predicted octanol–water partition coefficient (Wildman–Crippen LogP) is 7.61. The first-order chi connectivity index (χ1) is 13.4. The third-order valence-electron chi connectivity index (χ3n) is 11.3. The van der Waals surface area contributed by atoms with Gasteiger partial charge in [-0.1, -0.05) is 132 Å². The molecule has 0 unspecified atom stereocenters. The molecule has 0 atom stereocenters. The molecular weight excluding hydrogens is 533 g/mol. The number of carbonyl (C=O) groups excluding carboxylic acids is 1. The molecule has 1 heterocycles. The number of rotatable bonds is 4. The molecule has 0 spiro atoms. The Morgan fingerprint density at radius 3 is 0.906 bits per heavy atom. The lowest BCUT2D eigenvalue weighted by Gasteiger charge is -2.81. The summed E-state index contributed by atoms with van der Waals surface area (Å²) in [5, 5.41) is 0.868. The van der Waals surface area contributed by atoms with Crippen LogP contribution in [0.15, 0.2) is 0 Å². The van der Waals surface area contributed by atoms with Crippen molar-refractivity contribution < 1.29 is 4.79 Å². The third-order valence-corrected chi connectivity index (χ3v) is 270. The second kappa shape index (κ2) is 7.81. The van der Waals surface area contributed by atoms with E-state index in [1.165, 1.54) is 0 Å². The van der Waals surface area contributed by atoms with Gasteiger partial charge in [0.25, 0.3) is 0 Å². The normalized spacial score (nSPS) is 26.5. The summed E-state index contributed by atoms with van der Waals surface area (Å²) in [6.07, 6.45) is -1.50. The first-order valence-corrected chi connectivity index (χ1v) is 48.5. The molecule has 10 heteroatoms. The van der Waals surface area contributed by atoms with Gasteiger partial charge in [-0.25, -0.2) is 0 Å². The lowest BCUT2D eigenvalue weighted by Crippen LogP contribution is -3.14. The molecule has 1 fully saturated rings. The average Bonchev–Trinajstić information content (AvgIpc) is 2.39. The molecule has 1 nitrogen and oxygen atoms in total. The zero-order valence-corrected chi connectivity index (χ0v) is 34.9. The van der Waals surface area contributed by atoms with Gasteiger partial charge in [0.1, 0.15) is 12.0 Å². The van der Waals surface area contributed by atoms with Crippen molar-refractivity contribution in [3.63, 3.8) is 0 Å². The van der Waals surface area contributed by atoms with Crippen molar-refractivity contribution in [3.8, 4) is 0 Å². The molecule has 0 bridgehead atoms. The van der Waals surface area contributed by atoms with E-state index in [0.29, 0.717) is 0 Å². The molecule has 0 aliphatic carbocycles. The van der Waals surface area contributed by atoms with E-state index in [4.69, 9.17) is 0 Å². The molecule has 0 aromatic carbocycles. The number of hydrogen-bond acceptors (Lipinski definition) is 1. The molecule has 1 aliphatic rings. The first-order valence-electron chi connectivity index (χ1n) is 13.0. The monoisotopic (exact) mass is 592 g/mol. The van der Waals surface area contributed by atoms with Crippen molar-refractivity contribution in [3.05, 3.63) is 0 Å². The molecule has 0 saturated carbocycles. The van der Waals surface area contributed by atoms with Gasteiger partial charge < -0.3 is 4.79 Å². The van der Waals surface area contributed by atoms with E-state index < -0.39 is 64.0 Å². The van der Waals surface area contributed by atoms with Gasteiger partial charge in [0.15, 0.2) is 0 Å². The van der Waals surface area contributed by atoms with Crippen LogP contribution in [0.2, 0.25) is 111 Å². The van der Waals surface area contributed by atoms with Gasteiger partial charge in [0.2, 0.25) is 0 Å². The molecule has 1 rings (SSSR count). The first kappa shape index (κ1) is 31.7. The van der Waals surface area contributed by atoms with Gasteiger partial charge >= 0.3 is 0 Å². The van der Waals surface area contributed by atoms with E-state index in [0.717, 1.165) is 5.41 Å².